The predicted molar refractivity (Wildman–Crippen MR) is 113 cm³/mol. The van der Waals surface area contributed by atoms with E-state index in [4.69, 9.17) is 9.47 Å². The number of hydrogen-bond acceptors (Lipinski definition) is 7. The molecule has 4 rings (SSSR count). The van der Waals surface area contributed by atoms with Gasteiger partial charge < -0.3 is 24.2 Å². The summed E-state index contributed by atoms with van der Waals surface area (Å²) >= 11 is 0. The second kappa shape index (κ2) is 8.77. The lowest BCUT2D eigenvalue weighted by molar-refractivity contribution is -0.274. The van der Waals surface area contributed by atoms with Crippen molar-refractivity contribution in [2.45, 2.75) is 25.1 Å². The van der Waals surface area contributed by atoms with Crippen molar-refractivity contribution in [2.75, 3.05) is 24.7 Å². The number of rotatable bonds is 5. The molecule has 2 unspecified atom stereocenters. The van der Waals surface area contributed by atoms with Crippen LogP contribution in [0.1, 0.15) is 12.5 Å². The maximum atomic E-state index is 12.4. The average molecular weight is 459 g/mol. The maximum absolute atomic E-state index is 12.4. The van der Waals surface area contributed by atoms with Gasteiger partial charge in [0, 0.05) is 17.3 Å². The zero-order valence-electron chi connectivity index (χ0n) is 17.5. The first kappa shape index (κ1) is 22.6. The number of halogens is 3. The van der Waals surface area contributed by atoms with Gasteiger partial charge in [0.2, 0.25) is 0 Å². The number of hydrogen-bond donors (Lipinski definition) is 1. The van der Waals surface area contributed by atoms with Gasteiger partial charge in [-0.15, -0.1) is 13.2 Å². The van der Waals surface area contributed by atoms with Gasteiger partial charge in [0.05, 0.1) is 24.8 Å². The number of fused-ring (bicyclic) bond motifs is 1. The molecule has 2 aromatic carbocycles. The summed E-state index contributed by atoms with van der Waals surface area (Å²) in [7, 11) is 0. The van der Waals surface area contributed by atoms with Gasteiger partial charge in [0.25, 0.3) is 0 Å². The van der Waals surface area contributed by atoms with E-state index in [1.165, 1.54) is 30.5 Å². The largest absolute Gasteiger partial charge is 0.573 e. The summed E-state index contributed by atoms with van der Waals surface area (Å²) in [6, 6.07) is 14.3. The molecule has 0 bridgehead atoms. The van der Waals surface area contributed by atoms with Gasteiger partial charge in [-0.25, -0.2) is 0 Å². The van der Waals surface area contributed by atoms with E-state index in [1.807, 2.05) is 0 Å². The van der Waals surface area contributed by atoms with Crippen LogP contribution in [0.15, 0.2) is 54.7 Å². The smallest absolute Gasteiger partial charge is 0.489 e. The van der Waals surface area contributed by atoms with Gasteiger partial charge in [0.15, 0.2) is 5.72 Å². The number of alkyl halides is 3. The fourth-order valence-corrected chi connectivity index (χ4v) is 3.66. The maximum Gasteiger partial charge on any atom is 0.573 e. The first-order valence-corrected chi connectivity index (χ1v) is 10.0. The molecule has 0 radical (unpaired) electrons. The number of morpholine rings is 1. The summed E-state index contributed by atoms with van der Waals surface area (Å²) in [5, 5.41) is 20.7. The normalized spacial score (nSPS) is 21.0. The molecule has 0 amide bonds. The Labute approximate surface area is 187 Å². The number of pyridine rings is 1. The number of anilines is 1. The molecule has 1 fully saturated rings. The van der Waals surface area contributed by atoms with Crippen LogP contribution in [-0.2, 0) is 4.74 Å². The highest BCUT2D eigenvalue weighted by molar-refractivity contribution is 5.89. The lowest BCUT2D eigenvalue weighted by Crippen LogP contribution is -2.59. The Kier molecular flexibility index (Phi) is 6.01. The second-order valence-corrected chi connectivity index (χ2v) is 7.74. The van der Waals surface area contributed by atoms with Crippen LogP contribution >= 0.6 is 0 Å². The molecule has 0 saturated carbocycles. The molecule has 1 aliphatic rings. The number of ether oxygens (including phenoxy) is 3. The standard InChI is InChI=1S/C23H20F3N3O4/c1-22(30)14-32-18(12-29(22)16-5-7-17(8-6-16)33-23(24,25)26)13-31-20-4-2-3-19-15(11-27)9-10-28-21(19)20/h2-10,18,30H,12-14H2,1H3. The van der Waals surface area contributed by atoms with Crippen molar-refractivity contribution in [2.24, 2.45) is 0 Å². The number of aromatic nitrogens is 1. The van der Waals surface area contributed by atoms with Gasteiger partial charge in [-0.05, 0) is 43.3 Å². The van der Waals surface area contributed by atoms with Gasteiger partial charge >= 0.3 is 6.36 Å². The molecule has 172 valence electrons. The van der Waals surface area contributed by atoms with Crippen LogP contribution < -0.4 is 14.4 Å². The fraction of sp³-hybridized carbons (Fsp3) is 0.304. The SMILES string of the molecule is CC1(O)COC(COc2cccc3c(C#N)ccnc23)CN1c1ccc(OC(F)(F)F)cc1. The van der Waals surface area contributed by atoms with Crippen LogP contribution in [0.2, 0.25) is 0 Å². The molecule has 0 aliphatic carbocycles. The minimum absolute atomic E-state index is 0.0335. The lowest BCUT2D eigenvalue weighted by Gasteiger charge is -2.45. The van der Waals surface area contributed by atoms with Crippen molar-refractivity contribution >= 4 is 16.6 Å². The minimum Gasteiger partial charge on any atom is -0.489 e. The first-order chi connectivity index (χ1) is 15.7. The Balaban J connectivity index is 1.48. The third kappa shape index (κ3) is 5.10. The highest BCUT2D eigenvalue weighted by Gasteiger charge is 2.38. The van der Waals surface area contributed by atoms with E-state index < -0.39 is 18.2 Å². The number of benzene rings is 2. The first-order valence-electron chi connectivity index (χ1n) is 10.0. The number of aliphatic hydroxyl groups is 1. The van der Waals surface area contributed by atoms with Crippen LogP contribution in [0.5, 0.6) is 11.5 Å². The molecule has 1 aliphatic heterocycles. The van der Waals surface area contributed by atoms with Crippen LogP contribution in [0.4, 0.5) is 18.9 Å². The highest BCUT2D eigenvalue weighted by Crippen LogP contribution is 2.31. The Morgan fingerprint density at radius 3 is 2.70 bits per heavy atom. The zero-order valence-corrected chi connectivity index (χ0v) is 17.5. The van der Waals surface area contributed by atoms with Crippen LogP contribution in [0.25, 0.3) is 10.9 Å². The van der Waals surface area contributed by atoms with E-state index in [2.05, 4.69) is 15.8 Å². The molecule has 1 N–H and O–H groups in total. The van der Waals surface area contributed by atoms with Crippen LogP contribution in [0.3, 0.4) is 0 Å². The summed E-state index contributed by atoms with van der Waals surface area (Å²) in [4.78, 5) is 5.95. The predicted octanol–water partition coefficient (Wildman–Crippen LogP) is 4.00. The molecule has 2 atom stereocenters. The van der Waals surface area contributed by atoms with Crippen molar-refractivity contribution in [3.05, 3.63) is 60.3 Å². The molecular formula is C23H20F3N3O4. The molecule has 33 heavy (non-hydrogen) atoms. The zero-order chi connectivity index (χ0) is 23.6. The summed E-state index contributed by atoms with van der Waals surface area (Å²) in [5.41, 5.74) is 0.176. The Bertz CT molecular complexity index is 1180. The second-order valence-electron chi connectivity index (χ2n) is 7.74. The van der Waals surface area contributed by atoms with Gasteiger partial charge in [-0.1, -0.05) is 12.1 Å². The molecule has 1 aromatic heterocycles. The molecule has 3 aromatic rings. The van der Waals surface area contributed by atoms with E-state index in [1.54, 1.807) is 36.1 Å². The summed E-state index contributed by atoms with van der Waals surface area (Å²) in [6.45, 7) is 1.89. The van der Waals surface area contributed by atoms with Gasteiger partial charge in [0.1, 0.15) is 29.7 Å². The van der Waals surface area contributed by atoms with Crippen LogP contribution in [-0.4, -0.2) is 48.0 Å². The Hall–Kier alpha value is -3.55. The van der Waals surface area contributed by atoms with E-state index in [-0.39, 0.29) is 25.5 Å². The molecule has 7 nitrogen and oxygen atoms in total. The molecular weight excluding hydrogens is 439 g/mol. The lowest BCUT2D eigenvalue weighted by atomic mass is 10.1. The van der Waals surface area contributed by atoms with Crippen molar-refractivity contribution < 1.29 is 32.5 Å². The monoisotopic (exact) mass is 459 g/mol. The van der Waals surface area contributed by atoms with Crippen molar-refractivity contribution in [1.82, 2.24) is 4.98 Å². The number of nitrogens with zero attached hydrogens (tertiary/aromatic N) is 3. The molecule has 1 saturated heterocycles. The van der Waals surface area contributed by atoms with E-state index in [0.29, 0.717) is 27.9 Å². The molecule has 2 heterocycles. The summed E-state index contributed by atoms with van der Waals surface area (Å²) in [6.07, 6.45) is -3.68. The average Bonchev–Trinajstić information content (AvgIpc) is 2.77. The molecule has 0 spiro atoms. The van der Waals surface area contributed by atoms with E-state index in [0.717, 1.165) is 0 Å². The minimum atomic E-state index is -4.78. The Morgan fingerprint density at radius 1 is 1.24 bits per heavy atom. The van der Waals surface area contributed by atoms with Crippen molar-refractivity contribution in [1.29, 1.82) is 5.26 Å². The van der Waals surface area contributed by atoms with Gasteiger partial charge in [-0.2, -0.15) is 5.26 Å². The fourth-order valence-electron chi connectivity index (χ4n) is 3.66. The quantitative estimate of drug-likeness (QED) is 0.617. The van der Waals surface area contributed by atoms with Crippen LogP contribution in [0, 0.1) is 11.3 Å². The van der Waals surface area contributed by atoms with Crippen molar-refractivity contribution in [3.63, 3.8) is 0 Å². The third-order valence-corrected chi connectivity index (χ3v) is 5.22. The number of nitriles is 1. The third-order valence-electron chi connectivity index (χ3n) is 5.22. The summed E-state index contributed by atoms with van der Waals surface area (Å²) in [5.74, 6) is 0.143. The van der Waals surface area contributed by atoms with Gasteiger partial charge in [-0.3, -0.25) is 4.98 Å². The topological polar surface area (TPSA) is 87.8 Å². The summed E-state index contributed by atoms with van der Waals surface area (Å²) < 4.78 is 52.8. The van der Waals surface area contributed by atoms with Crippen molar-refractivity contribution in [3.8, 4) is 17.6 Å². The highest BCUT2D eigenvalue weighted by atomic mass is 19.4. The number of para-hydroxylation sites is 1. The van der Waals surface area contributed by atoms with E-state index in [9.17, 15) is 23.5 Å². The molecule has 10 heteroatoms. The van der Waals surface area contributed by atoms with E-state index >= 15 is 0 Å². The Morgan fingerprint density at radius 2 is 2.00 bits per heavy atom.